The first-order valence-corrected chi connectivity index (χ1v) is 9.40. The molecule has 2 N–H and O–H groups in total. The molecule has 1 aliphatic rings. The highest BCUT2D eigenvalue weighted by Gasteiger charge is 2.19. The summed E-state index contributed by atoms with van der Waals surface area (Å²) in [4.78, 5) is 14.3. The van der Waals surface area contributed by atoms with Crippen molar-refractivity contribution in [3.63, 3.8) is 0 Å². The summed E-state index contributed by atoms with van der Waals surface area (Å²) in [7, 11) is 0. The van der Waals surface area contributed by atoms with Crippen LogP contribution >= 0.6 is 11.3 Å². The molecule has 5 heteroatoms. The van der Waals surface area contributed by atoms with E-state index in [4.69, 9.17) is 4.74 Å². The van der Waals surface area contributed by atoms with Gasteiger partial charge in [0, 0.05) is 11.4 Å². The van der Waals surface area contributed by atoms with Crippen molar-refractivity contribution in [2.45, 2.75) is 19.8 Å². The molecule has 1 aromatic carbocycles. The molecule has 1 saturated heterocycles. The average Bonchev–Trinajstić information content (AvgIpc) is 3.26. The number of ether oxygens (including phenoxy) is 1. The Morgan fingerprint density at radius 3 is 2.92 bits per heavy atom. The number of hydrogen-bond acceptors (Lipinski definition) is 4. The Balaban J connectivity index is 1.68. The molecular formula is C19H24N2O2S. The number of carbonyl (C=O) groups is 1. The largest absolute Gasteiger partial charge is 0.492 e. The van der Waals surface area contributed by atoms with Crippen LogP contribution in [0.4, 0.5) is 0 Å². The first-order valence-electron chi connectivity index (χ1n) is 8.59. The molecule has 2 aromatic rings. The van der Waals surface area contributed by atoms with Crippen LogP contribution in [0.15, 0.2) is 36.4 Å². The summed E-state index contributed by atoms with van der Waals surface area (Å²) < 4.78 is 5.68. The van der Waals surface area contributed by atoms with Gasteiger partial charge in [-0.2, -0.15) is 0 Å². The van der Waals surface area contributed by atoms with E-state index in [2.05, 4.69) is 22.8 Å². The molecule has 3 rings (SSSR count). The van der Waals surface area contributed by atoms with E-state index in [1.165, 1.54) is 17.8 Å². The van der Waals surface area contributed by atoms with E-state index < -0.39 is 0 Å². The average molecular weight is 344 g/mol. The molecule has 0 radical (unpaired) electrons. The topological polar surface area (TPSA) is 50.4 Å². The highest BCUT2D eigenvalue weighted by atomic mass is 32.1. The Labute approximate surface area is 147 Å². The van der Waals surface area contributed by atoms with Crippen LogP contribution in [0.25, 0.3) is 10.4 Å². The third kappa shape index (κ3) is 4.16. The van der Waals surface area contributed by atoms with Crippen LogP contribution < -0.4 is 15.4 Å². The number of carbonyl (C=O) groups excluding carboxylic acids is 1. The highest BCUT2D eigenvalue weighted by Crippen LogP contribution is 2.36. The third-order valence-corrected chi connectivity index (χ3v) is 5.43. The van der Waals surface area contributed by atoms with Gasteiger partial charge < -0.3 is 15.4 Å². The molecule has 2 heterocycles. The molecule has 0 saturated carbocycles. The van der Waals surface area contributed by atoms with E-state index in [1.54, 1.807) is 0 Å². The molecule has 0 aliphatic carbocycles. The van der Waals surface area contributed by atoms with Crippen LogP contribution in [-0.2, 0) is 0 Å². The fourth-order valence-corrected chi connectivity index (χ4v) is 3.99. The molecule has 128 valence electrons. The standard InChI is InChI=1S/C19H24N2O2S/c1-2-23-16-12-17(15-6-4-3-5-7-15)24-18(16)19(22)21-11-9-14-8-10-20-13-14/h3-7,12,14,20H,2,8-11,13H2,1H3,(H,21,22). The van der Waals surface area contributed by atoms with Crippen LogP contribution in [-0.4, -0.2) is 32.1 Å². The molecule has 4 nitrogen and oxygen atoms in total. The summed E-state index contributed by atoms with van der Waals surface area (Å²) in [6, 6.07) is 12.1. The molecule has 1 aromatic heterocycles. The minimum absolute atomic E-state index is 0.0309. The molecule has 0 bridgehead atoms. The van der Waals surface area contributed by atoms with Gasteiger partial charge in [0.2, 0.25) is 0 Å². The quantitative estimate of drug-likeness (QED) is 0.808. The van der Waals surface area contributed by atoms with Crippen LogP contribution in [0.2, 0.25) is 0 Å². The van der Waals surface area contributed by atoms with E-state index in [9.17, 15) is 4.79 Å². The Morgan fingerprint density at radius 2 is 2.21 bits per heavy atom. The summed E-state index contributed by atoms with van der Waals surface area (Å²) in [6.07, 6.45) is 2.23. The monoisotopic (exact) mass is 344 g/mol. The molecular weight excluding hydrogens is 320 g/mol. The van der Waals surface area contributed by atoms with Gasteiger partial charge in [-0.1, -0.05) is 30.3 Å². The molecule has 1 aliphatic heterocycles. The van der Waals surface area contributed by atoms with Gasteiger partial charge in [-0.05, 0) is 50.4 Å². The van der Waals surface area contributed by atoms with Crippen molar-refractivity contribution in [2.24, 2.45) is 5.92 Å². The van der Waals surface area contributed by atoms with Crippen molar-refractivity contribution in [2.75, 3.05) is 26.2 Å². The lowest BCUT2D eigenvalue weighted by atomic mass is 10.1. The second-order valence-corrected chi connectivity index (χ2v) is 7.06. The Morgan fingerprint density at radius 1 is 1.38 bits per heavy atom. The van der Waals surface area contributed by atoms with Gasteiger partial charge in [0.25, 0.3) is 5.91 Å². The van der Waals surface area contributed by atoms with Gasteiger partial charge in [-0.15, -0.1) is 11.3 Å². The molecule has 24 heavy (non-hydrogen) atoms. The van der Waals surface area contributed by atoms with E-state index >= 15 is 0 Å². The number of amides is 1. The highest BCUT2D eigenvalue weighted by molar-refractivity contribution is 7.17. The summed E-state index contributed by atoms with van der Waals surface area (Å²) >= 11 is 1.49. The number of thiophene rings is 1. The fourth-order valence-electron chi connectivity index (χ4n) is 2.97. The summed E-state index contributed by atoms with van der Waals surface area (Å²) in [5.41, 5.74) is 1.11. The van der Waals surface area contributed by atoms with E-state index in [1.807, 2.05) is 31.2 Å². The first-order chi connectivity index (χ1) is 11.8. The smallest absolute Gasteiger partial charge is 0.265 e. The van der Waals surface area contributed by atoms with Crippen molar-refractivity contribution >= 4 is 17.2 Å². The lowest BCUT2D eigenvalue weighted by molar-refractivity contribution is 0.0952. The molecule has 0 spiro atoms. The van der Waals surface area contributed by atoms with Crippen LogP contribution in [0, 0.1) is 5.92 Å². The zero-order valence-corrected chi connectivity index (χ0v) is 14.8. The number of nitrogens with one attached hydrogen (secondary N) is 2. The summed E-state index contributed by atoms with van der Waals surface area (Å²) in [5.74, 6) is 1.33. The van der Waals surface area contributed by atoms with Gasteiger partial charge in [-0.3, -0.25) is 4.79 Å². The third-order valence-electron chi connectivity index (χ3n) is 4.26. The van der Waals surface area contributed by atoms with E-state index in [-0.39, 0.29) is 5.91 Å². The minimum atomic E-state index is -0.0309. The molecule has 1 atom stereocenters. The van der Waals surface area contributed by atoms with E-state index in [0.29, 0.717) is 23.2 Å². The van der Waals surface area contributed by atoms with Crippen molar-refractivity contribution in [3.05, 3.63) is 41.3 Å². The Kier molecular flexibility index (Phi) is 5.88. The normalized spacial score (nSPS) is 17.0. The zero-order chi connectivity index (χ0) is 16.8. The van der Waals surface area contributed by atoms with Gasteiger partial charge in [-0.25, -0.2) is 0 Å². The van der Waals surface area contributed by atoms with Gasteiger partial charge in [0.15, 0.2) is 0 Å². The van der Waals surface area contributed by atoms with Crippen molar-refractivity contribution in [1.82, 2.24) is 10.6 Å². The number of benzene rings is 1. The zero-order valence-electron chi connectivity index (χ0n) is 14.0. The van der Waals surface area contributed by atoms with Crippen LogP contribution in [0.1, 0.15) is 29.4 Å². The second-order valence-electron chi connectivity index (χ2n) is 6.01. The predicted octanol–water partition coefficient (Wildman–Crippen LogP) is 3.54. The maximum atomic E-state index is 12.6. The predicted molar refractivity (Wildman–Crippen MR) is 98.9 cm³/mol. The molecule has 1 amide bonds. The molecule has 1 unspecified atom stereocenters. The van der Waals surface area contributed by atoms with Crippen LogP contribution in [0.3, 0.4) is 0 Å². The molecule has 1 fully saturated rings. The Bertz CT molecular complexity index is 663. The number of rotatable bonds is 7. The fraction of sp³-hybridized carbons (Fsp3) is 0.421. The SMILES string of the molecule is CCOc1cc(-c2ccccc2)sc1C(=O)NCCC1CCNC1. The summed E-state index contributed by atoms with van der Waals surface area (Å²) in [5, 5.41) is 6.41. The van der Waals surface area contributed by atoms with Crippen molar-refractivity contribution < 1.29 is 9.53 Å². The number of hydrogen-bond donors (Lipinski definition) is 2. The van der Waals surface area contributed by atoms with Crippen molar-refractivity contribution in [1.29, 1.82) is 0 Å². The van der Waals surface area contributed by atoms with Gasteiger partial charge >= 0.3 is 0 Å². The van der Waals surface area contributed by atoms with Gasteiger partial charge in [0.1, 0.15) is 10.6 Å². The maximum Gasteiger partial charge on any atom is 0.265 e. The lowest BCUT2D eigenvalue weighted by Crippen LogP contribution is -2.26. The Hall–Kier alpha value is -1.85. The second kappa shape index (κ2) is 8.31. The first kappa shape index (κ1) is 17.0. The summed E-state index contributed by atoms with van der Waals surface area (Å²) in [6.45, 7) is 5.37. The van der Waals surface area contributed by atoms with Crippen molar-refractivity contribution in [3.8, 4) is 16.2 Å². The van der Waals surface area contributed by atoms with Crippen LogP contribution in [0.5, 0.6) is 5.75 Å². The minimum Gasteiger partial charge on any atom is -0.492 e. The van der Waals surface area contributed by atoms with Gasteiger partial charge in [0.05, 0.1) is 6.61 Å². The van der Waals surface area contributed by atoms with E-state index in [0.717, 1.165) is 36.5 Å². The lowest BCUT2D eigenvalue weighted by Gasteiger charge is -2.09. The maximum absolute atomic E-state index is 12.6.